The molecule has 0 bridgehead atoms. The van der Waals surface area contributed by atoms with E-state index in [4.69, 9.17) is 14.2 Å². The van der Waals surface area contributed by atoms with E-state index in [2.05, 4.69) is 6.08 Å². The highest BCUT2D eigenvalue weighted by atomic mass is 16.6. The van der Waals surface area contributed by atoms with Crippen molar-refractivity contribution in [3.05, 3.63) is 96.1 Å². The predicted octanol–water partition coefficient (Wildman–Crippen LogP) is 4.82. The molecular weight excluding hydrogens is 394 g/mol. The van der Waals surface area contributed by atoms with Crippen LogP contribution in [0, 0.1) is 6.08 Å². The lowest BCUT2D eigenvalue weighted by molar-refractivity contribution is -0.129. The summed E-state index contributed by atoms with van der Waals surface area (Å²) in [5.41, 5.74) is 2.23. The highest BCUT2D eigenvalue weighted by Crippen LogP contribution is 2.39. The zero-order chi connectivity index (χ0) is 21.6. The Kier molecular flexibility index (Phi) is 5.98. The van der Waals surface area contributed by atoms with Crippen LogP contribution in [0.15, 0.2) is 78.9 Å². The van der Waals surface area contributed by atoms with Crippen LogP contribution in [0.1, 0.15) is 17.2 Å². The number of hydrogen-bond acceptors (Lipinski definition) is 5. The lowest BCUT2D eigenvalue weighted by Crippen LogP contribution is -2.27. The second-order valence-electron chi connectivity index (χ2n) is 6.80. The minimum atomic E-state index is -0.610. The van der Waals surface area contributed by atoms with Gasteiger partial charge in [0.2, 0.25) is 0 Å². The number of carbonyl (C=O) groups excluding carboxylic acids is 2. The van der Waals surface area contributed by atoms with Gasteiger partial charge >= 0.3 is 12.1 Å². The molecule has 0 N–H and O–H groups in total. The molecule has 1 amide bonds. The Balaban J connectivity index is 1.55. The van der Waals surface area contributed by atoms with Crippen LogP contribution in [-0.4, -0.2) is 25.8 Å². The van der Waals surface area contributed by atoms with Crippen LogP contribution in [0.4, 0.5) is 10.5 Å². The van der Waals surface area contributed by atoms with Gasteiger partial charge in [-0.25, -0.2) is 9.59 Å². The van der Waals surface area contributed by atoms with Gasteiger partial charge in [0, 0.05) is 0 Å². The SMILES string of the molecule is COc1cc(/C=[C]/C(=O)Oc2ccccc2)ccc1N1C(=O)OC[C@H]1c1ccccc1. The first kappa shape index (κ1) is 20.2. The number of anilines is 1. The number of methoxy groups -OCH3 is 1. The van der Waals surface area contributed by atoms with Gasteiger partial charge in [-0.3, -0.25) is 4.90 Å². The van der Waals surface area contributed by atoms with Gasteiger partial charge in [-0.1, -0.05) is 54.6 Å². The molecule has 1 aliphatic heterocycles. The first-order valence-electron chi connectivity index (χ1n) is 9.71. The summed E-state index contributed by atoms with van der Waals surface area (Å²) in [5.74, 6) is 0.314. The topological polar surface area (TPSA) is 65.1 Å². The molecule has 1 aliphatic rings. The molecule has 6 nitrogen and oxygen atoms in total. The van der Waals surface area contributed by atoms with E-state index >= 15 is 0 Å². The monoisotopic (exact) mass is 414 g/mol. The van der Waals surface area contributed by atoms with Crippen molar-refractivity contribution >= 4 is 23.8 Å². The summed E-state index contributed by atoms with van der Waals surface area (Å²) in [6.45, 7) is 0.257. The van der Waals surface area contributed by atoms with Crippen molar-refractivity contribution in [2.24, 2.45) is 0 Å². The molecule has 6 heteroatoms. The number of amides is 1. The van der Waals surface area contributed by atoms with Gasteiger partial charge in [0.15, 0.2) is 0 Å². The maximum Gasteiger partial charge on any atom is 0.415 e. The number of cyclic esters (lactones) is 1. The number of hydrogen-bond donors (Lipinski definition) is 0. The van der Waals surface area contributed by atoms with Crippen molar-refractivity contribution in [2.75, 3.05) is 18.6 Å². The molecule has 3 aromatic carbocycles. The lowest BCUT2D eigenvalue weighted by atomic mass is 10.1. The third-order valence-corrected chi connectivity index (χ3v) is 4.83. The van der Waals surface area contributed by atoms with E-state index in [1.54, 1.807) is 47.4 Å². The zero-order valence-corrected chi connectivity index (χ0v) is 16.9. The fourth-order valence-corrected chi connectivity index (χ4v) is 3.36. The van der Waals surface area contributed by atoms with Gasteiger partial charge in [-0.15, -0.1) is 0 Å². The van der Waals surface area contributed by atoms with Crippen LogP contribution >= 0.6 is 0 Å². The van der Waals surface area contributed by atoms with Crippen molar-refractivity contribution in [3.8, 4) is 11.5 Å². The molecule has 1 saturated heterocycles. The predicted molar refractivity (Wildman–Crippen MR) is 116 cm³/mol. The normalized spacial score (nSPS) is 15.7. The Morgan fingerprint density at radius 3 is 2.48 bits per heavy atom. The summed E-state index contributed by atoms with van der Waals surface area (Å²) in [6.07, 6.45) is 3.66. The van der Waals surface area contributed by atoms with Crippen molar-refractivity contribution in [1.82, 2.24) is 0 Å². The highest BCUT2D eigenvalue weighted by Gasteiger charge is 2.36. The molecule has 0 aromatic heterocycles. The van der Waals surface area contributed by atoms with E-state index in [1.807, 2.05) is 36.4 Å². The van der Waals surface area contributed by atoms with Crippen LogP contribution in [0.2, 0.25) is 0 Å². The fourth-order valence-electron chi connectivity index (χ4n) is 3.36. The average Bonchev–Trinajstić information content (AvgIpc) is 3.20. The molecule has 1 heterocycles. The Morgan fingerprint density at radius 2 is 1.77 bits per heavy atom. The van der Waals surface area contributed by atoms with Crippen molar-refractivity contribution in [3.63, 3.8) is 0 Å². The first-order valence-corrected chi connectivity index (χ1v) is 9.71. The quantitative estimate of drug-likeness (QED) is 0.329. The van der Waals surface area contributed by atoms with Crippen LogP contribution < -0.4 is 14.4 Å². The van der Waals surface area contributed by atoms with E-state index in [0.29, 0.717) is 22.7 Å². The lowest BCUT2D eigenvalue weighted by Gasteiger charge is -2.23. The minimum Gasteiger partial charge on any atom is -0.495 e. The summed E-state index contributed by atoms with van der Waals surface area (Å²) in [7, 11) is 1.53. The largest absolute Gasteiger partial charge is 0.495 e. The number of esters is 1. The van der Waals surface area contributed by atoms with Gasteiger partial charge < -0.3 is 14.2 Å². The van der Waals surface area contributed by atoms with Crippen LogP contribution in [0.3, 0.4) is 0 Å². The minimum absolute atomic E-state index is 0.253. The maximum absolute atomic E-state index is 12.5. The Labute approximate surface area is 180 Å². The van der Waals surface area contributed by atoms with Gasteiger partial charge in [0.1, 0.15) is 18.1 Å². The van der Waals surface area contributed by atoms with Crippen LogP contribution in [-0.2, 0) is 9.53 Å². The molecule has 0 saturated carbocycles. The zero-order valence-electron chi connectivity index (χ0n) is 16.9. The van der Waals surface area contributed by atoms with E-state index in [0.717, 1.165) is 5.56 Å². The molecule has 0 aliphatic carbocycles. The summed E-state index contributed by atoms with van der Waals surface area (Å²) >= 11 is 0. The molecule has 1 radical (unpaired) electrons. The second-order valence-corrected chi connectivity index (χ2v) is 6.80. The molecule has 0 unspecified atom stereocenters. The van der Waals surface area contributed by atoms with E-state index < -0.39 is 12.1 Å². The summed E-state index contributed by atoms with van der Waals surface area (Å²) in [4.78, 5) is 26.0. The molecule has 31 heavy (non-hydrogen) atoms. The van der Waals surface area contributed by atoms with E-state index in [1.165, 1.54) is 13.2 Å². The van der Waals surface area contributed by atoms with Gasteiger partial charge in [-0.2, -0.15) is 0 Å². The number of benzene rings is 3. The van der Waals surface area contributed by atoms with Crippen molar-refractivity contribution in [2.45, 2.75) is 6.04 Å². The molecule has 0 spiro atoms. The third kappa shape index (κ3) is 4.59. The number of ether oxygens (including phenoxy) is 3. The van der Waals surface area contributed by atoms with Gasteiger partial charge in [0.05, 0.1) is 24.9 Å². The summed E-state index contributed by atoms with van der Waals surface area (Å²) in [6, 6.07) is 23.5. The van der Waals surface area contributed by atoms with E-state index in [9.17, 15) is 9.59 Å². The average molecular weight is 414 g/mol. The Morgan fingerprint density at radius 1 is 1.06 bits per heavy atom. The van der Waals surface area contributed by atoms with Crippen LogP contribution in [0.25, 0.3) is 6.08 Å². The van der Waals surface area contributed by atoms with Crippen LogP contribution in [0.5, 0.6) is 11.5 Å². The first-order chi connectivity index (χ1) is 15.2. The number of carbonyl (C=O) groups is 2. The third-order valence-electron chi connectivity index (χ3n) is 4.83. The summed E-state index contributed by atoms with van der Waals surface area (Å²) in [5, 5.41) is 0. The molecule has 1 fully saturated rings. The van der Waals surface area contributed by atoms with Gasteiger partial charge in [0.25, 0.3) is 0 Å². The molecule has 155 valence electrons. The standard InChI is InChI=1S/C25H20NO5/c1-29-23-16-18(13-15-24(27)31-20-10-6-3-7-11-20)12-14-21(23)26-22(17-30-25(26)28)19-8-4-2-5-9-19/h2-14,16,22H,17H2,1H3/t22-/m0/s1. The molecular formula is C25H20NO5. The Bertz CT molecular complexity index is 1100. The van der Waals surface area contributed by atoms with Crippen molar-refractivity contribution in [1.29, 1.82) is 0 Å². The molecule has 4 rings (SSSR count). The fraction of sp³-hybridized carbons (Fsp3) is 0.120. The number of para-hydroxylation sites is 1. The molecule has 3 aromatic rings. The second kappa shape index (κ2) is 9.17. The summed E-state index contributed by atoms with van der Waals surface area (Å²) < 4.78 is 16.0. The number of rotatable bonds is 6. The molecule has 1 atom stereocenters. The number of nitrogens with zero attached hydrogens (tertiary/aromatic N) is 1. The maximum atomic E-state index is 12.5. The smallest absolute Gasteiger partial charge is 0.415 e. The van der Waals surface area contributed by atoms with Gasteiger partial charge in [-0.05, 0) is 41.5 Å². The van der Waals surface area contributed by atoms with E-state index in [-0.39, 0.29) is 12.6 Å². The Hall–Kier alpha value is -4.06. The van der Waals surface area contributed by atoms with Crippen molar-refractivity contribution < 1.29 is 23.8 Å². The highest BCUT2D eigenvalue weighted by molar-refractivity contribution is 5.93.